The standard InChI is InChI=1S/C12H22N2O5S/c1-13(9-7-11(15)19-2)12(16)10-6-4-5-8-14(10)20(3,17)18/h10H,4-9H2,1-3H3. The third-order valence-corrected chi connectivity index (χ3v) is 4.71. The Morgan fingerprint density at radius 3 is 2.55 bits per heavy atom. The van der Waals surface area contributed by atoms with E-state index in [2.05, 4.69) is 4.74 Å². The van der Waals surface area contributed by atoms with Gasteiger partial charge in [-0.05, 0) is 12.8 Å². The molecular weight excluding hydrogens is 284 g/mol. The molecule has 0 bridgehead atoms. The number of likely N-dealkylation sites (N-methyl/N-ethyl adjacent to an activating group) is 1. The van der Waals surface area contributed by atoms with Crippen LogP contribution in [0.4, 0.5) is 0 Å². The molecule has 1 aliphatic rings. The molecule has 0 saturated carbocycles. The van der Waals surface area contributed by atoms with Crippen LogP contribution in [-0.4, -0.2) is 69.0 Å². The minimum Gasteiger partial charge on any atom is -0.469 e. The third kappa shape index (κ3) is 4.45. The van der Waals surface area contributed by atoms with E-state index in [1.807, 2.05) is 0 Å². The molecule has 1 rings (SSSR count). The first-order valence-corrected chi connectivity index (χ1v) is 8.41. The molecule has 1 aliphatic heterocycles. The number of carbonyl (C=O) groups excluding carboxylic acids is 2. The van der Waals surface area contributed by atoms with E-state index >= 15 is 0 Å². The quantitative estimate of drug-likeness (QED) is 0.658. The van der Waals surface area contributed by atoms with E-state index in [9.17, 15) is 18.0 Å². The van der Waals surface area contributed by atoms with Crippen LogP contribution in [0, 0.1) is 0 Å². The summed E-state index contributed by atoms with van der Waals surface area (Å²) in [6.45, 7) is 0.597. The number of ether oxygens (including phenoxy) is 1. The molecule has 7 nitrogen and oxygen atoms in total. The Hall–Kier alpha value is -1.15. The Labute approximate surface area is 119 Å². The van der Waals surface area contributed by atoms with E-state index in [4.69, 9.17) is 0 Å². The van der Waals surface area contributed by atoms with Crippen LogP contribution in [0.5, 0.6) is 0 Å². The summed E-state index contributed by atoms with van der Waals surface area (Å²) in [6, 6.07) is -0.651. The van der Waals surface area contributed by atoms with Gasteiger partial charge in [-0.2, -0.15) is 4.31 Å². The molecule has 0 aromatic carbocycles. The maximum Gasteiger partial charge on any atom is 0.307 e. The molecule has 1 unspecified atom stereocenters. The van der Waals surface area contributed by atoms with Gasteiger partial charge in [0.05, 0.1) is 19.8 Å². The van der Waals surface area contributed by atoms with Gasteiger partial charge in [0.25, 0.3) is 0 Å². The van der Waals surface area contributed by atoms with Crippen molar-refractivity contribution < 1.29 is 22.7 Å². The van der Waals surface area contributed by atoms with Gasteiger partial charge in [0.1, 0.15) is 6.04 Å². The highest BCUT2D eigenvalue weighted by molar-refractivity contribution is 7.88. The average Bonchev–Trinajstić information content (AvgIpc) is 2.42. The molecule has 1 heterocycles. The smallest absolute Gasteiger partial charge is 0.307 e. The Kier molecular flexibility index (Phi) is 5.94. The molecule has 0 spiro atoms. The van der Waals surface area contributed by atoms with Crippen molar-refractivity contribution in [1.82, 2.24) is 9.21 Å². The van der Waals surface area contributed by atoms with Gasteiger partial charge in [-0.3, -0.25) is 9.59 Å². The lowest BCUT2D eigenvalue weighted by Gasteiger charge is -2.34. The summed E-state index contributed by atoms with van der Waals surface area (Å²) in [5.74, 6) is -0.660. The lowest BCUT2D eigenvalue weighted by molar-refractivity contribution is -0.142. The van der Waals surface area contributed by atoms with Gasteiger partial charge in [0, 0.05) is 20.1 Å². The molecule has 0 aromatic heterocycles. The second-order valence-electron chi connectivity index (χ2n) is 4.97. The van der Waals surface area contributed by atoms with Gasteiger partial charge < -0.3 is 9.64 Å². The Morgan fingerprint density at radius 2 is 2.00 bits per heavy atom. The molecule has 1 saturated heterocycles. The molecule has 0 N–H and O–H groups in total. The molecule has 8 heteroatoms. The Bertz CT molecular complexity index is 462. The highest BCUT2D eigenvalue weighted by atomic mass is 32.2. The topological polar surface area (TPSA) is 84.0 Å². The summed E-state index contributed by atoms with van der Waals surface area (Å²) >= 11 is 0. The second-order valence-corrected chi connectivity index (χ2v) is 6.91. The number of amides is 1. The molecule has 20 heavy (non-hydrogen) atoms. The first kappa shape index (κ1) is 16.9. The number of hydrogen-bond acceptors (Lipinski definition) is 5. The summed E-state index contributed by atoms with van der Waals surface area (Å²) in [5, 5.41) is 0. The SMILES string of the molecule is COC(=O)CCN(C)C(=O)C1CCCCN1S(C)(=O)=O. The summed E-state index contributed by atoms with van der Waals surface area (Å²) < 4.78 is 29.2. The number of piperidine rings is 1. The number of methoxy groups -OCH3 is 1. The van der Waals surface area contributed by atoms with Crippen LogP contribution in [-0.2, 0) is 24.3 Å². The largest absolute Gasteiger partial charge is 0.469 e. The van der Waals surface area contributed by atoms with Crippen molar-refractivity contribution in [1.29, 1.82) is 0 Å². The van der Waals surface area contributed by atoms with Gasteiger partial charge in [0.2, 0.25) is 15.9 Å². The maximum atomic E-state index is 12.3. The van der Waals surface area contributed by atoms with E-state index in [0.29, 0.717) is 13.0 Å². The zero-order valence-corrected chi connectivity index (χ0v) is 13.0. The Balaban J connectivity index is 2.70. The van der Waals surface area contributed by atoms with E-state index < -0.39 is 22.0 Å². The van der Waals surface area contributed by atoms with Crippen molar-refractivity contribution in [2.45, 2.75) is 31.7 Å². The van der Waals surface area contributed by atoms with Gasteiger partial charge >= 0.3 is 5.97 Å². The normalized spacial score (nSPS) is 20.4. The fraction of sp³-hybridized carbons (Fsp3) is 0.833. The first-order valence-electron chi connectivity index (χ1n) is 6.56. The van der Waals surface area contributed by atoms with Crippen molar-refractivity contribution in [2.24, 2.45) is 0 Å². The van der Waals surface area contributed by atoms with Crippen LogP contribution in [0.25, 0.3) is 0 Å². The molecule has 0 radical (unpaired) electrons. The van der Waals surface area contributed by atoms with Crippen LogP contribution in [0.15, 0.2) is 0 Å². The van der Waals surface area contributed by atoms with E-state index in [1.165, 1.54) is 16.3 Å². The minimum absolute atomic E-state index is 0.102. The molecule has 1 amide bonds. The molecule has 116 valence electrons. The molecule has 1 fully saturated rings. The molecule has 1 atom stereocenters. The van der Waals surface area contributed by atoms with E-state index in [-0.39, 0.29) is 18.9 Å². The van der Waals surface area contributed by atoms with Crippen LogP contribution >= 0.6 is 0 Å². The van der Waals surface area contributed by atoms with Crippen molar-refractivity contribution in [3.63, 3.8) is 0 Å². The lowest BCUT2D eigenvalue weighted by Crippen LogP contribution is -2.52. The predicted octanol–water partition coefficient (Wildman–Crippen LogP) is -0.178. The molecular formula is C12H22N2O5S. The highest BCUT2D eigenvalue weighted by Crippen LogP contribution is 2.21. The average molecular weight is 306 g/mol. The van der Waals surface area contributed by atoms with Crippen LogP contribution < -0.4 is 0 Å². The second kappa shape index (κ2) is 7.03. The monoisotopic (exact) mass is 306 g/mol. The summed E-state index contributed by atoms with van der Waals surface area (Å²) in [4.78, 5) is 24.8. The number of hydrogen-bond donors (Lipinski definition) is 0. The highest BCUT2D eigenvalue weighted by Gasteiger charge is 2.35. The fourth-order valence-electron chi connectivity index (χ4n) is 2.27. The minimum atomic E-state index is -3.40. The number of nitrogens with zero attached hydrogens (tertiary/aromatic N) is 2. The number of esters is 1. The van der Waals surface area contributed by atoms with Gasteiger partial charge in [0.15, 0.2) is 0 Å². The van der Waals surface area contributed by atoms with Gasteiger partial charge in [-0.25, -0.2) is 8.42 Å². The number of carbonyl (C=O) groups is 2. The van der Waals surface area contributed by atoms with E-state index in [0.717, 1.165) is 19.1 Å². The first-order chi connectivity index (χ1) is 9.27. The van der Waals surface area contributed by atoms with Gasteiger partial charge in [-0.1, -0.05) is 6.42 Å². The molecule has 0 aromatic rings. The van der Waals surface area contributed by atoms with Crippen molar-refractivity contribution in [3.05, 3.63) is 0 Å². The van der Waals surface area contributed by atoms with Crippen LogP contribution in [0.2, 0.25) is 0 Å². The molecule has 0 aliphatic carbocycles. The lowest BCUT2D eigenvalue weighted by atomic mass is 10.0. The van der Waals surface area contributed by atoms with Crippen LogP contribution in [0.1, 0.15) is 25.7 Å². The summed E-state index contributed by atoms with van der Waals surface area (Å²) in [6.07, 6.45) is 3.34. The van der Waals surface area contributed by atoms with Crippen molar-refractivity contribution >= 4 is 21.9 Å². The number of sulfonamides is 1. The maximum absolute atomic E-state index is 12.3. The van der Waals surface area contributed by atoms with Crippen molar-refractivity contribution in [3.8, 4) is 0 Å². The zero-order chi connectivity index (χ0) is 15.3. The number of rotatable bonds is 5. The van der Waals surface area contributed by atoms with Gasteiger partial charge in [-0.15, -0.1) is 0 Å². The Morgan fingerprint density at radius 1 is 1.35 bits per heavy atom. The predicted molar refractivity (Wildman–Crippen MR) is 73.5 cm³/mol. The zero-order valence-electron chi connectivity index (χ0n) is 12.2. The fourth-order valence-corrected chi connectivity index (χ4v) is 3.39. The van der Waals surface area contributed by atoms with Crippen molar-refractivity contribution in [2.75, 3.05) is 33.5 Å². The van der Waals surface area contributed by atoms with E-state index in [1.54, 1.807) is 7.05 Å². The third-order valence-electron chi connectivity index (χ3n) is 3.42. The summed E-state index contributed by atoms with van der Waals surface area (Å²) in [7, 11) is -0.537. The summed E-state index contributed by atoms with van der Waals surface area (Å²) in [5.41, 5.74) is 0. The van der Waals surface area contributed by atoms with Crippen LogP contribution in [0.3, 0.4) is 0 Å².